The van der Waals surface area contributed by atoms with Crippen molar-refractivity contribution in [3.8, 4) is 0 Å². The SMILES string of the molecule is CCOC(=O)C(F)(F)C(C)N. The van der Waals surface area contributed by atoms with Gasteiger partial charge >= 0.3 is 11.9 Å². The van der Waals surface area contributed by atoms with Crippen molar-refractivity contribution in [3.63, 3.8) is 0 Å². The molecule has 0 fully saturated rings. The molecule has 2 N–H and O–H groups in total. The van der Waals surface area contributed by atoms with Gasteiger partial charge in [-0.15, -0.1) is 0 Å². The molecule has 0 radical (unpaired) electrons. The minimum atomic E-state index is -3.57. The van der Waals surface area contributed by atoms with Gasteiger partial charge in [0.1, 0.15) is 0 Å². The number of rotatable bonds is 3. The Morgan fingerprint density at radius 3 is 2.45 bits per heavy atom. The number of carbonyl (C=O) groups excluding carboxylic acids is 1. The predicted molar refractivity (Wildman–Crippen MR) is 35.2 cm³/mol. The van der Waals surface area contributed by atoms with Gasteiger partial charge in [0.2, 0.25) is 0 Å². The summed E-state index contributed by atoms with van der Waals surface area (Å²) in [6, 6.07) is -1.51. The average molecular weight is 167 g/mol. The Hall–Kier alpha value is -0.710. The maximum atomic E-state index is 12.5. The third-order valence-corrected chi connectivity index (χ3v) is 1.12. The summed E-state index contributed by atoms with van der Waals surface area (Å²) >= 11 is 0. The summed E-state index contributed by atoms with van der Waals surface area (Å²) < 4.78 is 29.2. The van der Waals surface area contributed by atoms with E-state index in [9.17, 15) is 13.6 Å². The Bertz CT molecular complexity index is 148. The molecule has 1 atom stereocenters. The first-order valence-electron chi connectivity index (χ1n) is 3.23. The topological polar surface area (TPSA) is 52.3 Å². The Morgan fingerprint density at radius 1 is 1.73 bits per heavy atom. The fourth-order valence-electron chi connectivity index (χ4n) is 0.413. The highest BCUT2D eigenvalue weighted by Crippen LogP contribution is 2.18. The zero-order chi connectivity index (χ0) is 9.07. The summed E-state index contributed by atoms with van der Waals surface area (Å²) in [6.07, 6.45) is 0. The van der Waals surface area contributed by atoms with Crippen LogP contribution in [0.25, 0.3) is 0 Å². The van der Waals surface area contributed by atoms with Gasteiger partial charge < -0.3 is 10.5 Å². The number of esters is 1. The van der Waals surface area contributed by atoms with E-state index >= 15 is 0 Å². The van der Waals surface area contributed by atoms with Crippen LogP contribution in [0.1, 0.15) is 13.8 Å². The largest absolute Gasteiger partial charge is 0.462 e. The Kier molecular flexibility index (Phi) is 3.38. The van der Waals surface area contributed by atoms with Crippen molar-refractivity contribution < 1.29 is 18.3 Å². The summed E-state index contributed by atoms with van der Waals surface area (Å²) in [6.45, 7) is 2.44. The van der Waals surface area contributed by atoms with Crippen LogP contribution in [-0.4, -0.2) is 24.5 Å². The van der Waals surface area contributed by atoms with Crippen LogP contribution in [0.4, 0.5) is 8.78 Å². The number of hydrogen-bond donors (Lipinski definition) is 1. The van der Waals surface area contributed by atoms with E-state index in [4.69, 9.17) is 5.73 Å². The van der Waals surface area contributed by atoms with Crippen molar-refractivity contribution in [2.75, 3.05) is 6.61 Å². The summed E-state index contributed by atoms with van der Waals surface area (Å²) in [4.78, 5) is 10.5. The first kappa shape index (κ1) is 10.3. The second-order valence-corrected chi connectivity index (χ2v) is 2.13. The Balaban J connectivity index is 4.18. The molecule has 0 aliphatic carbocycles. The highest BCUT2D eigenvalue weighted by Gasteiger charge is 2.44. The molecule has 0 heterocycles. The molecule has 0 spiro atoms. The van der Waals surface area contributed by atoms with Crippen LogP contribution in [0.2, 0.25) is 0 Å². The smallest absolute Gasteiger partial charge is 0.378 e. The third-order valence-electron chi connectivity index (χ3n) is 1.12. The van der Waals surface area contributed by atoms with Gasteiger partial charge in [-0.25, -0.2) is 4.79 Å². The van der Waals surface area contributed by atoms with Crippen molar-refractivity contribution in [3.05, 3.63) is 0 Å². The van der Waals surface area contributed by atoms with E-state index in [-0.39, 0.29) is 6.61 Å². The molecule has 66 valence electrons. The van der Waals surface area contributed by atoms with Crippen LogP contribution in [0.3, 0.4) is 0 Å². The van der Waals surface area contributed by atoms with Crippen molar-refractivity contribution in [2.45, 2.75) is 25.8 Å². The summed E-state index contributed by atoms with van der Waals surface area (Å²) in [5, 5.41) is 0. The maximum Gasteiger partial charge on any atom is 0.378 e. The zero-order valence-corrected chi connectivity index (χ0v) is 6.43. The van der Waals surface area contributed by atoms with Gasteiger partial charge in [-0.2, -0.15) is 8.78 Å². The molecule has 0 aliphatic heterocycles. The van der Waals surface area contributed by atoms with Crippen LogP contribution in [-0.2, 0) is 9.53 Å². The highest BCUT2D eigenvalue weighted by atomic mass is 19.3. The minimum absolute atomic E-state index is 0.0683. The van der Waals surface area contributed by atoms with Crippen molar-refractivity contribution >= 4 is 5.97 Å². The number of alkyl halides is 2. The van der Waals surface area contributed by atoms with Gasteiger partial charge in [0.15, 0.2) is 0 Å². The van der Waals surface area contributed by atoms with E-state index < -0.39 is 17.9 Å². The quantitative estimate of drug-likeness (QED) is 0.624. The molecule has 0 aliphatic rings. The summed E-state index contributed by atoms with van der Waals surface area (Å²) in [7, 11) is 0. The number of carbonyl (C=O) groups is 1. The molecular formula is C6H11F2NO2. The zero-order valence-electron chi connectivity index (χ0n) is 6.43. The first-order chi connectivity index (χ1) is 4.92. The molecule has 0 saturated carbocycles. The monoisotopic (exact) mass is 167 g/mol. The molecule has 5 heteroatoms. The van der Waals surface area contributed by atoms with Crippen LogP contribution in [0, 0.1) is 0 Å². The predicted octanol–water partition coefficient (Wildman–Crippen LogP) is 0.532. The summed E-state index contributed by atoms with van der Waals surface area (Å²) in [5.41, 5.74) is 4.85. The van der Waals surface area contributed by atoms with E-state index in [1.807, 2.05) is 0 Å². The molecule has 0 saturated heterocycles. The molecule has 3 nitrogen and oxygen atoms in total. The van der Waals surface area contributed by atoms with Crippen molar-refractivity contribution in [1.29, 1.82) is 0 Å². The number of ether oxygens (including phenoxy) is 1. The maximum absolute atomic E-state index is 12.5. The summed E-state index contributed by atoms with van der Waals surface area (Å²) in [5.74, 6) is -5.13. The van der Waals surface area contributed by atoms with Crippen molar-refractivity contribution in [1.82, 2.24) is 0 Å². The third kappa shape index (κ3) is 2.42. The molecular weight excluding hydrogens is 156 g/mol. The number of nitrogens with two attached hydrogens (primary N) is 1. The highest BCUT2D eigenvalue weighted by molar-refractivity contribution is 5.78. The van der Waals surface area contributed by atoms with E-state index in [1.54, 1.807) is 0 Å². The van der Waals surface area contributed by atoms with Gasteiger partial charge in [-0.3, -0.25) is 0 Å². The van der Waals surface area contributed by atoms with Gasteiger partial charge in [-0.05, 0) is 13.8 Å². The minimum Gasteiger partial charge on any atom is -0.462 e. The lowest BCUT2D eigenvalue weighted by Crippen LogP contribution is -2.46. The molecule has 0 aromatic rings. The van der Waals surface area contributed by atoms with Gasteiger partial charge in [-0.1, -0.05) is 0 Å². The fraction of sp³-hybridized carbons (Fsp3) is 0.833. The standard InChI is InChI=1S/C6H11F2NO2/c1-3-11-5(10)6(7,8)4(2)9/h4H,3,9H2,1-2H3. The second-order valence-electron chi connectivity index (χ2n) is 2.13. The first-order valence-corrected chi connectivity index (χ1v) is 3.23. The normalized spacial score (nSPS) is 14.3. The van der Waals surface area contributed by atoms with Gasteiger partial charge in [0.05, 0.1) is 12.6 Å². The molecule has 0 aromatic carbocycles. The van der Waals surface area contributed by atoms with E-state index in [2.05, 4.69) is 4.74 Å². The molecule has 11 heavy (non-hydrogen) atoms. The lowest BCUT2D eigenvalue weighted by atomic mass is 10.2. The Morgan fingerprint density at radius 2 is 2.18 bits per heavy atom. The second kappa shape index (κ2) is 3.61. The molecule has 0 aromatic heterocycles. The van der Waals surface area contributed by atoms with E-state index in [1.165, 1.54) is 6.92 Å². The van der Waals surface area contributed by atoms with E-state index in [0.29, 0.717) is 0 Å². The van der Waals surface area contributed by atoms with Gasteiger partial charge in [0, 0.05) is 0 Å². The Labute approximate surface area is 63.5 Å². The molecule has 0 bridgehead atoms. The van der Waals surface area contributed by atoms with Crippen LogP contribution >= 0.6 is 0 Å². The lowest BCUT2D eigenvalue weighted by molar-refractivity contribution is -0.173. The van der Waals surface area contributed by atoms with E-state index in [0.717, 1.165) is 6.92 Å². The molecule has 0 amide bonds. The molecule has 1 unspecified atom stereocenters. The van der Waals surface area contributed by atoms with Gasteiger partial charge in [0.25, 0.3) is 0 Å². The van der Waals surface area contributed by atoms with Crippen LogP contribution in [0.5, 0.6) is 0 Å². The number of hydrogen-bond acceptors (Lipinski definition) is 3. The fourth-order valence-corrected chi connectivity index (χ4v) is 0.413. The van der Waals surface area contributed by atoms with Crippen molar-refractivity contribution in [2.24, 2.45) is 5.73 Å². The lowest BCUT2D eigenvalue weighted by Gasteiger charge is -2.17. The molecule has 0 rings (SSSR count). The average Bonchev–Trinajstić information content (AvgIpc) is 1.88. The number of halogens is 2. The van der Waals surface area contributed by atoms with Crippen LogP contribution < -0.4 is 5.73 Å². The van der Waals surface area contributed by atoms with Crippen LogP contribution in [0.15, 0.2) is 0 Å².